The molecule has 0 radical (unpaired) electrons. The Hall–Kier alpha value is -0.160. The van der Waals surface area contributed by atoms with Gasteiger partial charge < -0.3 is 18.9 Å². The zero-order valence-corrected chi connectivity index (χ0v) is 11.2. The molecule has 1 heterocycles. The van der Waals surface area contributed by atoms with Crippen molar-refractivity contribution in [1.82, 2.24) is 0 Å². The second-order valence-corrected chi connectivity index (χ2v) is 4.40. The molecular formula is C12H24O4. The molecule has 1 aliphatic rings. The van der Waals surface area contributed by atoms with Gasteiger partial charge in [0.05, 0.1) is 12.2 Å². The highest BCUT2D eigenvalue weighted by Gasteiger charge is 2.55. The van der Waals surface area contributed by atoms with E-state index in [1.54, 1.807) is 0 Å². The van der Waals surface area contributed by atoms with E-state index in [4.69, 9.17) is 18.9 Å². The topological polar surface area (TPSA) is 36.9 Å². The molecule has 1 fully saturated rings. The third kappa shape index (κ3) is 2.40. The van der Waals surface area contributed by atoms with Crippen LogP contribution in [-0.2, 0) is 18.9 Å². The molecule has 1 aliphatic heterocycles. The predicted molar refractivity (Wildman–Crippen MR) is 61.2 cm³/mol. The smallest absolute Gasteiger partial charge is 0.220 e. The Labute approximate surface area is 98.2 Å². The van der Waals surface area contributed by atoms with Crippen molar-refractivity contribution in [2.24, 2.45) is 0 Å². The molecule has 0 spiro atoms. The minimum absolute atomic E-state index is 0.00918. The Kier molecular flexibility index (Phi) is 4.35. The van der Waals surface area contributed by atoms with Gasteiger partial charge in [0.2, 0.25) is 11.6 Å². The molecule has 4 nitrogen and oxygen atoms in total. The third-order valence-electron chi connectivity index (χ3n) is 3.15. The van der Waals surface area contributed by atoms with Crippen LogP contribution in [-0.4, -0.2) is 37.0 Å². The Balaban J connectivity index is 2.91. The summed E-state index contributed by atoms with van der Waals surface area (Å²) in [6.07, 6.45) is -0.0184. The number of rotatable bonds is 4. The zero-order chi connectivity index (χ0) is 12.4. The second-order valence-electron chi connectivity index (χ2n) is 4.40. The van der Waals surface area contributed by atoms with Gasteiger partial charge in [0.15, 0.2) is 0 Å². The highest BCUT2D eigenvalue weighted by Crippen LogP contribution is 2.39. The first kappa shape index (κ1) is 13.9. The lowest BCUT2D eigenvalue weighted by molar-refractivity contribution is -0.451. The van der Waals surface area contributed by atoms with E-state index in [9.17, 15) is 0 Å². The summed E-state index contributed by atoms with van der Waals surface area (Å²) in [5.74, 6) is -1.71. The van der Waals surface area contributed by atoms with Crippen LogP contribution in [0.1, 0.15) is 41.5 Å². The summed E-state index contributed by atoms with van der Waals surface area (Å²) in [6, 6.07) is 0. The monoisotopic (exact) mass is 232 g/mol. The van der Waals surface area contributed by atoms with Gasteiger partial charge in [-0.3, -0.25) is 0 Å². The van der Waals surface area contributed by atoms with Gasteiger partial charge in [-0.1, -0.05) is 0 Å². The zero-order valence-electron chi connectivity index (χ0n) is 11.2. The second kappa shape index (κ2) is 5.00. The Bertz CT molecular complexity index is 209. The summed E-state index contributed by atoms with van der Waals surface area (Å²) in [5.41, 5.74) is 0. The summed E-state index contributed by atoms with van der Waals surface area (Å²) in [7, 11) is 0. The SMILES string of the molecule is CCOC1(C)OC(C)C(C)OC1(C)OCC. The molecule has 1 rings (SSSR count). The van der Waals surface area contributed by atoms with E-state index in [0.717, 1.165) is 0 Å². The largest absolute Gasteiger partial charge is 0.346 e. The van der Waals surface area contributed by atoms with Gasteiger partial charge in [0.25, 0.3) is 0 Å². The first-order valence-electron chi connectivity index (χ1n) is 6.02. The lowest BCUT2D eigenvalue weighted by atomic mass is 10.0. The van der Waals surface area contributed by atoms with Crippen LogP contribution in [0.3, 0.4) is 0 Å². The van der Waals surface area contributed by atoms with Gasteiger partial charge >= 0.3 is 0 Å². The molecule has 0 bridgehead atoms. The van der Waals surface area contributed by atoms with Crippen molar-refractivity contribution in [3.05, 3.63) is 0 Å². The quantitative estimate of drug-likeness (QED) is 0.745. The van der Waals surface area contributed by atoms with Crippen LogP contribution in [0.5, 0.6) is 0 Å². The summed E-state index contributed by atoms with van der Waals surface area (Å²) in [6.45, 7) is 12.7. The van der Waals surface area contributed by atoms with E-state index in [-0.39, 0.29) is 12.2 Å². The molecule has 0 aliphatic carbocycles. The van der Waals surface area contributed by atoms with Gasteiger partial charge in [-0.2, -0.15) is 0 Å². The molecule has 0 saturated carbocycles. The molecule has 0 aromatic heterocycles. The first-order valence-corrected chi connectivity index (χ1v) is 6.02. The molecular weight excluding hydrogens is 208 g/mol. The Morgan fingerprint density at radius 2 is 1.19 bits per heavy atom. The number of ether oxygens (including phenoxy) is 4. The number of hydrogen-bond acceptors (Lipinski definition) is 4. The van der Waals surface area contributed by atoms with Crippen LogP contribution < -0.4 is 0 Å². The van der Waals surface area contributed by atoms with Crippen molar-refractivity contribution in [2.45, 2.75) is 65.3 Å². The lowest BCUT2D eigenvalue weighted by Gasteiger charge is -2.51. The van der Waals surface area contributed by atoms with Gasteiger partial charge in [-0.25, -0.2) is 0 Å². The van der Waals surface area contributed by atoms with E-state index in [1.165, 1.54) is 0 Å². The van der Waals surface area contributed by atoms with Crippen LogP contribution in [0.25, 0.3) is 0 Å². The Morgan fingerprint density at radius 1 is 0.875 bits per heavy atom. The van der Waals surface area contributed by atoms with Gasteiger partial charge in [-0.05, 0) is 41.5 Å². The standard InChI is InChI=1S/C12H24O4/c1-7-13-11(5)12(6,14-8-2)16-10(4)9(3)15-11/h9-10H,7-8H2,1-6H3. The Morgan fingerprint density at radius 3 is 1.44 bits per heavy atom. The summed E-state index contributed by atoms with van der Waals surface area (Å²) in [4.78, 5) is 0. The molecule has 4 unspecified atom stereocenters. The average molecular weight is 232 g/mol. The van der Waals surface area contributed by atoms with E-state index >= 15 is 0 Å². The molecule has 1 saturated heterocycles. The summed E-state index contributed by atoms with van der Waals surface area (Å²) < 4.78 is 23.2. The fraction of sp³-hybridized carbons (Fsp3) is 1.00. The van der Waals surface area contributed by atoms with Crippen LogP contribution in [0, 0.1) is 0 Å². The molecule has 0 amide bonds. The van der Waals surface area contributed by atoms with Gasteiger partial charge in [-0.15, -0.1) is 0 Å². The molecule has 0 N–H and O–H groups in total. The molecule has 0 aromatic rings. The minimum Gasteiger partial charge on any atom is -0.346 e. The minimum atomic E-state index is -0.857. The summed E-state index contributed by atoms with van der Waals surface area (Å²) in [5, 5.41) is 0. The van der Waals surface area contributed by atoms with Crippen LogP contribution in [0.4, 0.5) is 0 Å². The number of hydrogen-bond donors (Lipinski definition) is 0. The average Bonchev–Trinajstić information content (AvgIpc) is 2.16. The fourth-order valence-corrected chi connectivity index (χ4v) is 2.00. The molecule has 4 atom stereocenters. The summed E-state index contributed by atoms with van der Waals surface area (Å²) >= 11 is 0. The van der Waals surface area contributed by atoms with Crippen molar-refractivity contribution in [3.8, 4) is 0 Å². The third-order valence-corrected chi connectivity index (χ3v) is 3.15. The van der Waals surface area contributed by atoms with Crippen molar-refractivity contribution < 1.29 is 18.9 Å². The van der Waals surface area contributed by atoms with Crippen LogP contribution in [0.2, 0.25) is 0 Å². The maximum atomic E-state index is 5.92. The fourth-order valence-electron chi connectivity index (χ4n) is 2.00. The van der Waals surface area contributed by atoms with Crippen LogP contribution in [0.15, 0.2) is 0 Å². The van der Waals surface area contributed by atoms with E-state index in [2.05, 4.69) is 0 Å². The van der Waals surface area contributed by atoms with E-state index < -0.39 is 11.6 Å². The highest BCUT2D eigenvalue weighted by molar-refractivity contribution is 4.89. The van der Waals surface area contributed by atoms with Crippen molar-refractivity contribution >= 4 is 0 Å². The van der Waals surface area contributed by atoms with Crippen molar-refractivity contribution in [3.63, 3.8) is 0 Å². The maximum absolute atomic E-state index is 5.92. The van der Waals surface area contributed by atoms with Crippen molar-refractivity contribution in [1.29, 1.82) is 0 Å². The van der Waals surface area contributed by atoms with Crippen LogP contribution >= 0.6 is 0 Å². The van der Waals surface area contributed by atoms with Gasteiger partial charge in [0, 0.05) is 13.2 Å². The molecule has 4 heteroatoms. The van der Waals surface area contributed by atoms with E-state index in [1.807, 2.05) is 41.5 Å². The molecule has 16 heavy (non-hydrogen) atoms. The first-order chi connectivity index (χ1) is 7.38. The highest BCUT2D eigenvalue weighted by atomic mass is 16.8. The maximum Gasteiger partial charge on any atom is 0.220 e. The van der Waals surface area contributed by atoms with E-state index in [0.29, 0.717) is 13.2 Å². The van der Waals surface area contributed by atoms with Gasteiger partial charge in [0.1, 0.15) is 0 Å². The predicted octanol–water partition coefficient (Wildman–Crippen LogP) is 2.32. The van der Waals surface area contributed by atoms with Crippen molar-refractivity contribution in [2.75, 3.05) is 13.2 Å². The normalized spacial score (nSPS) is 44.6. The molecule has 0 aromatic carbocycles. The molecule has 96 valence electrons. The lowest BCUT2D eigenvalue weighted by Crippen LogP contribution is -2.64.